The van der Waals surface area contributed by atoms with E-state index in [1.54, 1.807) is 0 Å². The minimum absolute atomic E-state index is 0.0751. The lowest BCUT2D eigenvalue weighted by atomic mass is 10.3. The van der Waals surface area contributed by atoms with Crippen molar-refractivity contribution in [3.63, 3.8) is 0 Å². The first-order chi connectivity index (χ1) is 6.45. The van der Waals surface area contributed by atoms with Gasteiger partial charge in [0, 0.05) is 6.07 Å². The van der Waals surface area contributed by atoms with Crippen LogP contribution in [0.4, 0.5) is 11.4 Å². The van der Waals surface area contributed by atoms with Crippen LogP contribution in [-0.4, -0.2) is 13.7 Å². The zero-order chi connectivity index (χ0) is 10.9. The van der Waals surface area contributed by atoms with Gasteiger partial charge in [-0.1, -0.05) is 11.6 Å². The molecule has 0 spiro atoms. The van der Waals surface area contributed by atoms with Gasteiger partial charge in [-0.3, -0.25) is 10.1 Å². The molecule has 0 radical (unpaired) electrons. The van der Waals surface area contributed by atoms with Crippen molar-refractivity contribution in [2.45, 2.75) is 4.90 Å². The number of nitrogens with two attached hydrogens (primary N) is 1. The molecule has 0 aromatic heterocycles. The summed E-state index contributed by atoms with van der Waals surface area (Å²) in [6.45, 7) is 0. The van der Waals surface area contributed by atoms with E-state index in [1.807, 2.05) is 0 Å². The number of nitrogen functional groups attached to an aromatic ring is 1. The first kappa shape index (κ1) is 10.9. The second kappa shape index (κ2) is 3.91. The van der Waals surface area contributed by atoms with Gasteiger partial charge in [-0.2, -0.15) is 0 Å². The van der Waals surface area contributed by atoms with E-state index in [4.69, 9.17) is 21.9 Å². The van der Waals surface area contributed by atoms with Crippen LogP contribution in [0.25, 0.3) is 0 Å². The minimum atomic E-state index is -2.44. The summed E-state index contributed by atoms with van der Waals surface area (Å²) >= 11 is 3.11. The summed E-state index contributed by atoms with van der Waals surface area (Å²) < 4.78 is 19.5. The van der Waals surface area contributed by atoms with Crippen molar-refractivity contribution in [3.8, 4) is 0 Å². The average molecular weight is 237 g/mol. The third kappa shape index (κ3) is 1.84. The van der Waals surface area contributed by atoms with Gasteiger partial charge in [0.2, 0.25) is 0 Å². The summed E-state index contributed by atoms with van der Waals surface area (Å²) in [5.41, 5.74) is 4.48. The van der Waals surface area contributed by atoms with Crippen molar-refractivity contribution in [1.82, 2.24) is 0 Å². The lowest BCUT2D eigenvalue weighted by molar-refractivity contribution is -0.384. The molecule has 6 nitrogen and oxygen atoms in total. The van der Waals surface area contributed by atoms with Crippen molar-refractivity contribution >= 4 is 34.1 Å². The van der Waals surface area contributed by atoms with Crippen molar-refractivity contribution < 1.29 is 13.7 Å². The summed E-state index contributed by atoms with van der Waals surface area (Å²) in [4.78, 5) is 9.33. The molecule has 0 amide bonds. The molecule has 8 heteroatoms. The molecule has 0 fully saturated rings. The van der Waals surface area contributed by atoms with E-state index in [0.717, 1.165) is 12.1 Å². The predicted octanol–water partition coefficient (Wildman–Crippen LogP) is 1.41. The number of halogens is 1. The van der Waals surface area contributed by atoms with Crippen LogP contribution in [-0.2, 0) is 11.1 Å². The van der Waals surface area contributed by atoms with Crippen LogP contribution >= 0.6 is 11.6 Å². The van der Waals surface area contributed by atoms with E-state index in [1.165, 1.54) is 0 Å². The maximum absolute atomic E-state index is 10.7. The molecule has 0 bridgehead atoms. The van der Waals surface area contributed by atoms with E-state index in [0.29, 0.717) is 0 Å². The fourth-order valence-electron chi connectivity index (χ4n) is 0.899. The summed E-state index contributed by atoms with van der Waals surface area (Å²) in [6, 6.07) is 2.23. The molecule has 0 saturated carbocycles. The summed E-state index contributed by atoms with van der Waals surface area (Å²) in [5.74, 6) is 0. The summed E-state index contributed by atoms with van der Waals surface area (Å²) in [6.07, 6.45) is 0. The van der Waals surface area contributed by atoms with Crippen LogP contribution in [0.1, 0.15) is 0 Å². The molecule has 1 atom stereocenters. The molecule has 0 aliphatic carbocycles. The van der Waals surface area contributed by atoms with Gasteiger partial charge in [0.05, 0.1) is 9.95 Å². The van der Waals surface area contributed by atoms with Gasteiger partial charge in [-0.25, -0.2) is 4.21 Å². The van der Waals surface area contributed by atoms with Gasteiger partial charge in [-0.05, 0) is 6.07 Å². The van der Waals surface area contributed by atoms with Crippen molar-refractivity contribution in [1.29, 1.82) is 0 Å². The first-order valence-electron chi connectivity index (χ1n) is 3.28. The monoisotopic (exact) mass is 236 g/mol. The molecule has 1 aromatic rings. The maximum atomic E-state index is 10.7. The highest BCUT2D eigenvalue weighted by atomic mass is 35.5. The molecule has 0 saturated heterocycles. The molecular formula is C6H5ClN2O4S. The number of nitro groups is 1. The van der Waals surface area contributed by atoms with Gasteiger partial charge in [-0.15, -0.1) is 0 Å². The summed E-state index contributed by atoms with van der Waals surface area (Å²) in [7, 11) is 0. The maximum Gasteiger partial charge on any atom is 0.293 e. The normalized spacial score (nSPS) is 12.4. The Morgan fingerprint density at radius 2 is 2.14 bits per heavy atom. The number of nitro benzene ring substituents is 1. The highest BCUT2D eigenvalue weighted by Crippen LogP contribution is 2.32. The third-order valence-electron chi connectivity index (χ3n) is 1.50. The Morgan fingerprint density at radius 3 is 2.57 bits per heavy atom. The largest absolute Gasteiger partial charge is 0.392 e. The Balaban J connectivity index is 3.49. The van der Waals surface area contributed by atoms with Gasteiger partial charge in [0.15, 0.2) is 11.1 Å². The van der Waals surface area contributed by atoms with Crippen LogP contribution in [0.5, 0.6) is 0 Å². The van der Waals surface area contributed by atoms with Crippen molar-refractivity contribution in [3.05, 3.63) is 27.3 Å². The van der Waals surface area contributed by atoms with Gasteiger partial charge < -0.3 is 10.3 Å². The third-order valence-corrected chi connectivity index (χ3v) is 2.71. The van der Waals surface area contributed by atoms with Crippen LogP contribution in [0.3, 0.4) is 0 Å². The SMILES string of the molecule is Nc1c([N+](=O)[O-])ccc(Cl)c1S(=O)O. The van der Waals surface area contributed by atoms with E-state index < -0.39 is 21.7 Å². The molecule has 1 aromatic carbocycles. The predicted molar refractivity (Wildman–Crippen MR) is 51.6 cm³/mol. The fourth-order valence-corrected chi connectivity index (χ4v) is 1.79. The van der Waals surface area contributed by atoms with Crippen LogP contribution in [0.15, 0.2) is 17.0 Å². The molecule has 1 unspecified atom stereocenters. The van der Waals surface area contributed by atoms with Crippen LogP contribution in [0, 0.1) is 10.1 Å². The van der Waals surface area contributed by atoms with Crippen molar-refractivity contribution in [2.75, 3.05) is 5.73 Å². The fraction of sp³-hybridized carbons (Fsp3) is 0. The number of hydrogen-bond donors (Lipinski definition) is 2. The molecule has 3 N–H and O–H groups in total. The molecule has 76 valence electrons. The van der Waals surface area contributed by atoms with Gasteiger partial charge >= 0.3 is 0 Å². The second-order valence-corrected chi connectivity index (χ2v) is 3.63. The van der Waals surface area contributed by atoms with Gasteiger partial charge in [0.25, 0.3) is 5.69 Å². The molecular weight excluding hydrogens is 232 g/mol. The highest BCUT2D eigenvalue weighted by molar-refractivity contribution is 7.79. The lowest BCUT2D eigenvalue weighted by Crippen LogP contribution is -2.02. The molecule has 0 aliphatic heterocycles. The standard InChI is InChI=1S/C6H5ClN2O4S/c7-3-1-2-4(9(10)11)5(8)6(3)14(12)13/h1-2H,8H2,(H,12,13). The Labute approximate surface area is 86.1 Å². The Kier molecular flexibility index (Phi) is 3.04. The highest BCUT2D eigenvalue weighted by Gasteiger charge is 2.20. The van der Waals surface area contributed by atoms with E-state index in [-0.39, 0.29) is 15.6 Å². The summed E-state index contributed by atoms with van der Waals surface area (Å²) in [5, 5.41) is 10.3. The van der Waals surface area contributed by atoms with Crippen LogP contribution < -0.4 is 5.73 Å². The second-order valence-electron chi connectivity index (χ2n) is 2.32. The first-order valence-corrected chi connectivity index (χ1v) is 4.77. The number of hydrogen-bond acceptors (Lipinski definition) is 4. The van der Waals surface area contributed by atoms with E-state index in [2.05, 4.69) is 0 Å². The molecule has 14 heavy (non-hydrogen) atoms. The number of benzene rings is 1. The lowest BCUT2D eigenvalue weighted by Gasteiger charge is -2.03. The average Bonchev–Trinajstić information content (AvgIpc) is 2.02. The Morgan fingerprint density at radius 1 is 1.57 bits per heavy atom. The zero-order valence-electron chi connectivity index (χ0n) is 6.64. The topological polar surface area (TPSA) is 106 Å². The van der Waals surface area contributed by atoms with E-state index in [9.17, 15) is 14.3 Å². The quantitative estimate of drug-likeness (QED) is 0.349. The van der Waals surface area contributed by atoms with Crippen molar-refractivity contribution in [2.24, 2.45) is 0 Å². The minimum Gasteiger partial charge on any atom is -0.392 e. The molecule has 1 rings (SSSR count). The Hall–Kier alpha value is -1.18. The van der Waals surface area contributed by atoms with Gasteiger partial charge in [0.1, 0.15) is 10.6 Å². The molecule has 0 heterocycles. The zero-order valence-corrected chi connectivity index (χ0v) is 8.21. The van der Waals surface area contributed by atoms with E-state index >= 15 is 0 Å². The number of nitrogens with zero attached hydrogens (tertiary/aromatic N) is 1. The number of rotatable bonds is 2. The number of anilines is 1. The Bertz CT molecular complexity index is 423. The van der Waals surface area contributed by atoms with Crippen LogP contribution in [0.2, 0.25) is 5.02 Å². The smallest absolute Gasteiger partial charge is 0.293 e. The molecule has 0 aliphatic rings.